The molecule has 0 N–H and O–H groups in total. The molecule has 0 saturated carbocycles. The van der Waals surface area contributed by atoms with Crippen LogP contribution in [0.15, 0.2) is 36.7 Å². The fourth-order valence-electron chi connectivity index (χ4n) is 7.19. The first-order valence-corrected chi connectivity index (χ1v) is 21.5. The minimum atomic E-state index is -1.30. The van der Waals surface area contributed by atoms with E-state index in [-0.39, 0.29) is 18.1 Å². The predicted molar refractivity (Wildman–Crippen MR) is 224 cm³/mol. The van der Waals surface area contributed by atoms with Gasteiger partial charge < -0.3 is 28.7 Å². The molecule has 0 aliphatic carbocycles. The number of carbonyl (C=O) groups excluding carboxylic acids is 4. The second-order valence-corrected chi connectivity index (χ2v) is 19.3. The second kappa shape index (κ2) is 18.0. The van der Waals surface area contributed by atoms with Crippen LogP contribution in [0.1, 0.15) is 110 Å². The lowest BCUT2D eigenvalue weighted by Gasteiger charge is -2.41. The number of amides is 2. The van der Waals surface area contributed by atoms with Gasteiger partial charge in [-0.05, 0) is 112 Å². The van der Waals surface area contributed by atoms with E-state index in [1.165, 1.54) is 16.2 Å². The normalized spacial score (nSPS) is 21.8. The molecule has 6 rings (SSSR count). The lowest BCUT2D eigenvalue weighted by atomic mass is 9.88. The van der Waals surface area contributed by atoms with E-state index in [2.05, 4.69) is 27.7 Å². The highest BCUT2D eigenvalue weighted by Gasteiger charge is 2.50. The van der Waals surface area contributed by atoms with E-state index in [4.69, 9.17) is 37.4 Å². The van der Waals surface area contributed by atoms with Crippen LogP contribution >= 0.6 is 45.9 Å². The first-order chi connectivity index (χ1) is 26.7. The van der Waals surface area contributed by atoms with Crippen molar-refractivity contribution in [3.05, 3.63) is 56.5 Å². The SMILES string of the molecule is CC1C(c2cc3c(Cl)ccnc3s2)CCCCN1C(=O)OC(C)(C)C.COC(=O)C(=O)OC1(c2cc3c(Cl)ccnc3s2)CCCCN(C(=O)OC(C)(C)C)C1C. The van der Waals surface area contributed by atoms with Gasteiger partial charge in [0.1, 0.15) is 20.9 Å². The molecule has 16 heteroatoms. The van der Waals surface area contributed by atoms with Gasteiger partial charge in [-0.1, -0.05) is 29.6 Å². The number of halogens is 2. The summed E-state index contributed by atoms with van der Waals surface area (Å²) in [5, 5.41) is 2.96. The van der Waals surface area contributed by atoms with Crippen LogP contribution in [0.5, 0.6) is 0 Å². The number of pyridine rings is 2. The molecule has 4 atom stereocenters. The van der Waals surface area contributed by atoms with E-state index in [1.54, 1.807) is 62.4 Å². The number of esters is 2. The van der Waals surface area contributed by atoms with Crippen molar-refractivity contribution in [1.29, 1.82) is 0 Å². The fourth-order valence-corrected chi connectivity index (χ4v) is 10.2. The maximum absolute atomic E-state index is 13.0. The van der Waals surface area contributed by atoms with Gasteiger partial charge in [0.2, 0.25) is 0 Å². The number of methoxy groups -OCH3 is 1. The Morgan fingerprint density at radius 2 is 1.32 bits per heavy atom. The Morgan fingerprint density at radius 3 is 1.88 bits per heavy atom. The number of fused-ring (bicyclic) bond motifs is 2. The fraction of sp³-hybridized carbons (Fsp3) is 0.561. The van der Waals surface area contributed by atoms with Crippen LogP contribution in [-0.2, 0) is 34.1 Å². The molecular formula is C41H52Cl2N4O8S2. The summed E-state index contributed by atoms with van der Waals surface area (Å²) in [6, 6.07) is 6.93. The minimum Gasteiger partial charge on any atom is -0.461 e. The van der Waals surface area contributed by atoms with Gasteiger partial charge in [-0.15, -0.1) is 22.7 Å². The number of ether oxygens (including phenoxy) is 4. The molecule has 0 aromatic carbocycles. The number of hydrogen-bond acceptors (Lipinski definition) is 12. The second-order valence-electron chi connectivity index (χ2n) is 16.4. The molecule has 0 spiro atoms. The molecule has 2 aliphatic rings. The van der Waals surface area contributed by atoms with Crippen molar-refractivity contribution in [2.45, 2.75) is 129 Å². The molecule has 0 radical (unpaired) electrons. The number of carbonyl (C=O) groups is 4. The monoisotopic (exact) mass is 862 g/mol. The van der Waals surface area contributed by atoms with Crippen molar-refractivity contribution < 1.29 is 38.1 Å². The number of likely N-dealkylation sites (tertiary alicyclic amines) is 2. The first kappa shape index (κ1) is 44.4. The summed E-state index contributed by atoms with van der Waals surface area (Å²) in [5.74, 6) is -1.95. The largest absolute Gasteiger partial charge is 0.461 e. The smallest absolute Gasteiger partial charge is 0.418 e. The number of aromatic nitrogens is 2. The molecule has 6 heterocycles. The van der Waals surface area contributed by atoms with E-state index >= 15 is 0 Å². The van der Waals surface area contributed by atoms with Gasteiger partial charge in [0.05, 0.1) is 28.1 Å². The molecule has 57 heavy (non-hydrogen) atoms. The molecule has 0 bridgehead atoms. The van der Waals surface area contributed by atoms with Crippen molar-refractivity contribution in [3.63, 3.8) is 0 Å². The third-order valence-corrected chi connectivity index (χ3v) is 13.1. The maximum Gasteiger partial charge on any atom is 0.418 e. The van der Waals surface area contributed by atoms with E-state index in [9.17, 15) is 19.2 Å². The van der Waals surface area contributed by atoms with Gasteiger partial charge in [0, 0.05) is 53.1 Å². The molecule has 2 fully saturated rings. The van der Waals surface area contributed by atoms with Gasteiger partial charge in [0.25, 0.3) is 0 Å². The Balaban J connectivity index is 0.000000224. The van der Waals surface area contributed by atoms with E-state index < -0.39 is 40.9 Å². The van der Waals surface area contributed by atoms with Gasteiger partial charge in [0.15, 0.2) is 5.60 Å². The van der Waals surface area contributed by atoms with Crippen molar-refractivity contribution in [1.82, 2.24) is 19.8 Å². The quantitative estimate of drug-likeness (QED) is 0.111. The standard InChI is InChI=1S/C22H27ClN2O6S.C19H25ClN2O2S/c1-13-22(30-19(27)18(26)29-5,16-12-14-15(23)8-10-24-17(14)32-16)9-6-7-11-25(13)20(28)31-21(2,3)4;1-12-13(16-11-14-15(20)8-9-21-17(14)25-16)7-5-6-10-22(12)18(23)24-19(2,3)4/h8,10,12-13H,6-7,9,11H2,1-5H3;8-9,11-13H,5-7,10H2,1-4H3. The van der Waals surface area contributed by atoms with Crippen molar-refractivity contribution in [2.24, 2.45) is 0 Å². The number of hydrogen-bond donors (Lipinski definition) is 0. The molecule has 4 aromatic heterocycles. The van der Waals surface area contributed by atoms with Crippen LogP contribution in [0.4, 0.5) is 9.59 Å². The Labute approximate surface area is 352 Å². The van der Waals surface area contributed by atoms with Crippen molar-refractivity contribution >= 4 is 90.4 Å². The van der Waals surface area contributed by atoms with Crippen LogP contribution in [0.25, 0.3) is 20.4 Å². The average molecular weight is 864 g/mol. The van der Waals surface area contributed by atoms with Crippen LogP contribution in [0.2, 0.25) is 10.0 Å². The summed E-state index contributed by atoms with van der Waals surface area (Å²) in [6.45, 7) is 16.2. The Morgan fingerprint density at radius 1 is 0.772 bits per heavy atom. The summed E-state index contributed by atoms with van der Waals surface area (Å²) < 4.78 is 21.7. The average Bonchev–Trinajstić information content (AvgIpc) is 3.67. The molecule has 4 aromatic rings. The molecule has 4 unspecified atom stereocenters. The van der Waals surface area contributed by atoms with Gasteiger partial charge >= 0.3 is 24.1 Å². The highest BCUT2D eigenvalue weighted by molar-refractivity contribution is 7.19. The van der Waals surface area contributed by atoms with Crippen molar-refractivity contribution in [2.75, 3.05) is 20.2 Å². The van der Waals surface area contributed by atoms with Crippen LogP contribution in [0, 0.1) is 0 Å². The third kappa shape index (κ3) is 10.5. The first-order valence-electron chi connectivity index (χ1n) is 19.1. The summed E-state index contributed by atoms with van der Waals surface area (Å²) in [7, 11) is 1.11. The van der Waals surface area contributed by atoms with Crippen molar-refractivity contribution in [3.8, 4) is 0 Å². The third-order valence-electron chi connectivity index (χ3n) is 10.0. The predicted octanol–water partition coefficient (Wildman–Crippen LogP) is 10.5. The summed E-state index contributed by atoms with van der Waals surface area (Å²) in [4.78, 5) is 66.0. The maximum atomic E-state index is 13.0. The highest BCUT2D eigenvalue weighted by atomic mass is 35.5. The molecule has 310 valence electrons. The zero-order valence-corrected chi connectivity index (χ0v) is 37.1. The lowest BCUT2D eigenvalue weighted by Crippen LogP contribution is -2.53. The Hall–Kier alpha value is -3.72. The van der Waals surface area contributed by atoms with E-state index in [0.717, 1.165) is 48.2 Å². The van der Waals surface area contributed by atoms with E-state index in [1.807, 2.05) is 37.8 Å². The highest BCUT2D eigenvalue weighted by Crippen LogP contribution is 2.46. The minimum absolute atomic E-state index is 0.0872. The summed E-state index contributed by atoms with van der Waals surface area (Å²) >= 11 is 15.7. The molecule has 2 amide bonds. The molecule has 2 saturated heterocycles. The summed E-state index contributed by atoms with van der Waals surface area (Å²) in [5.41, 5.74) is -2.47. The summed E-state index contributed by atoms with van der Waals surface area (Å²) in [6.07, 6.45) is 7.53. The van der Waals surface area contributed by atoms with Gasteiger partial charge in [-0.2, -0.15) is 0 Å². The Kier molecular flexibility index (Phi) is 14.1. The lowest BCUT2D eigenvalue weighted by molar-refractivity contribution is -0.182. The van der Waals surface area contributed by atoms with Crippen LogP contribution in [0.3, 0.4) is 0 Å². The van der Waals surface area contributed by atoms with Crippen LogP contribution < -0.4 is 0 Å². The molecule has 12 nitrogen and oxygen atoms in total. The molecule has 2 aliphatic heterocycles. The topological polar surface area (TPSA) is 137 Å². The number of rotatable bonds is 3. The Bertz CT molecular complexity index is 2090. The molecular weight excluding hydrogens is 812 g/mol. The number of thiophene rings is 2. The number of nitrogens with zero attached hydrogens (tertiary/aromatic N) is 4. The zero-order chi connectivity index (χ0) is 41.9. The van der Waals surface area contributed by atoms with E-state index in [0.29, 0.717) is 45.9 Å². The van der Waals surface area contributed by atoms with Gasteiger partial charge in [-0.25, -0.2) is 29.1 Å². The zero-order valence-electron chi connectivity index (χ0n) is 34.0. The van der Waals surface area contributed by atoms with Crippen LogP contribution in [-0.4, -0.2) is 87.4 Å². The van der Waals surface area contributed by atoms with Gasteiger partial charge in [-0.3, -0.25) is 0 Å².